The fourth-order valence-corrected chi connectivity index (χ4v) is 2.54. The molecule has 3 heteroatoms. The van der Waals surface area contributed by atoms with E-state index in [-0.39, 0.29) is 0 Å². The van der Waals surface area contributed by atoms with Gasteiger partial charge in [0.2, 0.25) is 0 Å². The molecule has 0 amide bonds. The number of benzene rings is 1. The van der Waals surface area contributed by atoms with Crippen molar-refractivity contribution in [3.8, 4) is 5.75 Å². The quantitative estimate of drug-likeness (QED) is 0.620. The fraction of sp³-hybridized carbons (Fsp3) is 0.111. The van der Waals surface area contributed by atoms with Crippen LogP contribution in [0.5, 0.6) is 5.75 Å². The number of aromatic hydroxyl groups is 1. The monoisotopic (exact) mass is 196 g/mol. The molecule has 0 atom stereocenters. The number of thiol groups is 1. The van der Waals surface area contributed by atoms with Crippen LogP contribution in [-0.2, 0) is 0 Å². The molecule has 62 valence electrons. The molecule has 2 aromatic rings. The van der Waals surface area contributed by atoms with Crippen molar-refractivity contribution in [3.05, 3.63) is 23.1 Å². The summed E-state index contributed by atoms with van der Waals surface area (Å²) < 4.78 is 1.18. The van der Waals surface area contributed by atoms with Crippen molar-refractivity contribution in [1.82, 2.24) is 0 Å². The summed E-state index contributed by atoms with van der Waals surface area (Å²) in [6.45, 7) is 2.03. The summed E-state index contributed by atoms with van der Waals surface area (Å²) in [5, 5.41) is 10.3. The minimum absolute atomic E-state index is 0.301. The molecular formula is C9H8OS2. The molecule has 0 radical (unpaired) electrons. The van der Waals surface area contributed by atoms with Crippen molar-refractivity contribution in [2.75, 3.05) is 0 Å². The second-order valence-corrected chi connectivity index (χ2v) is 4.39. The molecule has 0 aliphatic rings. The molecule has 0 fully saturated rings. The van der Waals surface area contributed by atoms with Crippen LogP contribution in [0.25, 0.3) is 10.1 Å². The molecule has 0 unspecified atom stereocenters. The Balaban J connectivity index is 2.88. The van der Waals surface area contributed by atoms with Gasteiger partial charge >= 0.3 is 0 Å². The summed E-state index contributed by atoms with van der Waals surface area (Å²) in [4.78, 5) is 2.17. The molecule has 0 aliphatic heterocycles. The molecule has 1 aromatic heterocycles. The van der Waals surface area contributed by atoms with Crippen LogP contribution in [0.1, 0.15) is 4.88 Å². The van der Waals surface area contributed by atoms with E-state index in [1.54, 1.807) is 23.5 Å². The van der Waals surface area contributed by atoms with Crippen molar-refractivity contribution in [1.29, 1.82) is 0 Å². The van der Waals surface area contributed by atoms with Crippen LogP contribution in [0.4, 0.5) is 0 Å². The lowest BCUT2D eigenvalue weighted by Crippen LogP contribution is -1.66. The summed E-state index contributed by atoms with van der Waals surface area (Å²) in [5.74, 6) is 0.301. The Morgan fingerprint density at radius 3 is 2.92 bits per heavy atom. The number of hydrogen-bond acceptors (Lipinski definition) is 3. The molecule has 0 bridgehead atoms. The molecule has 0 spiro atoms. The topological polar surface area (TPSA) is 20.2 Å². The fourth-order valence-electron chi connectivity index (χ4n) is 1.19. The van der Waals surface area contributed by atoms with E-state index in [9.17, 15) is 5.11 Å². The zero-order valence-electron chi connectivity index (χ0n) is 6.53. The van der Waals surface area contributed by atoms with Gasteiger partial charge in [0.25, 0.3) is 0 Å². The number of fused-ring (bicyclic) bond motifs is 1. The normalized spacial score (nSPS) is 10.8. The van der Waals surface area contributed by atoms with Gasteiger partial charge in [0, 0.05) is 19.9 Å². The first-order valence-corrected chi connectivity index (χ1v) is 4.86. The highest BCUT2D eigenvalue weighted by molar-refractivity contribution is 7.80. The third-order valence-corrected chi connectivity index (χ3v) is 3.63. The van der Waals surface area contributed by atoms with Gasteiger partial charge in [-0.2, -0.15) is 0 Å². The van der Waals surface area contributed by atoms with Gasteiger partial charge < -0.3 is 5.11 Å². The molecule has 0 saturated heterocycles. The van der Waals surface area contributed by atoms with E-state index in [4.69, 9.17) is 0 Å². The molecular weight excluding hydrogens is 188 g/mol. The third-order valence-electron chi connectivity index (χ3n) is 1.81. The van der Waals surface area contributed by atoms with Gasteiger partial charge in [-0.05, 0) is 25.1 Å². The Bertz CT molecular complexity index is 431. The summed E-state index contributed by atoms with van der Waals surface area (Å²) in [6.07, 6.45) is 0. The van der Waals surface area contributed by atoms with Crippen LogP contribution in [-0.4, -0.2) is 5.11 Å². The highest BCUT2D eigenvalue weighted by Crippen LogP contribution is 2.34. The van der Waals surface area contributed by atoms with E-state index in [1.165, 1.54) is 9.58 Å². The lowest BCUT2D eigenvalue weighted by molar-refractivity contribution is 0.476. The summed E-state index contributed by atoms with van der Waals surface area (Å²) >= 11 is 6.06. The van der Waals surface area contributed by atoms with Gasteiger partial charge in [-0.3, -0.25) is 0 Å². The van der Waals surface area contributed by atoms with Crippen molar-refractivity contribution >= 4 is 34.1 Å². The lowest BCUT2D eigenvalue weighted by atomic mass is 10.2. The van der Waals surface area contributed by atoms with Gasteiger partial charge in [0.1, 0.15) is 5.75 Å². The largest absolute Gasteiger partial charge is 0.508 e. The van der Waals surface area contributed by atoms with Gasteiger partial charge in [-0.1, -0.05) is 0 Å². The van der Waals surface area contributed by atoms with Crippen LogP contribution in [0.2, 0.25) is 0 Å². The first-order valence-electron chi connectivity index (χ1n) is 3.59. The molecule has 0 aliphatic carbocycles. The van der Waals surface area contributed by atoms with E-state index < -0.39 is 0 Å². The predicted octanol–water partition coefficient (Wildman–Crippen LogP) is 3.20. The van der Waals surface area contributed by atoms with Crippen molar-refractivity contribution in [2.45, 2.75) is 11.8 Å². The van der Waals surface area contributed by atoms with Crippen LogP contribution in [0, 0.1) is 6.92 Å². The predicted molar refractivity (Wildman–Crippen MR) is 55.5 cm³/mol. The average Bonchev–Trinajstić information content (AvgIpc) is 2.31. The van der Waals surface area contributed by atoms with E-state index in [0.717, 1.165) is 10.3 Å². The van der Waals surface area contributed by atoms with Crippen molar-refractivity contribution in [3.63, 3.8) is 0 Å². The molecule has 1 heterocycles. The van der Waals surface area contributed by atoms with E-state index in [2.05, 4.69) is 12.6 Å². The standard InChI is InChI=1S/C9H8OS2/c1-5-9(11)7-4-6(10)2-3-8(7)12-5/h2-4,10-11H,1H3. The van der Waals surface area contributed by atoms with Crippen molar-refractivity contribution < 1.29 is 5.11 Å². The molecule has 1 aromatic carbocycles. The summed E-state index contributed by atoms with van der Waals surface area (Å²) in [7, 11) is 0. The Morgan fingerprint density at radius 2 is 2.17 bits per heavy atom. The minimum atomic E-state index is 0.301. The summed E-state index contributed by atoms with van der Waals surface area (Å²) in [6, 6.07) is 5.37. The highest BCUT2D eigenvalue weighted by Gasteiger charge is 2.05. The SMILES string of the molecule is Cc1sc2ccc(O)cc2c1S. The van der Waals surface area contributed by atoms with E-state index in [1.807, 2.05) is 13.0 Å². The van der Waals surface area contributed by atoms with Crippen LogP contribution < -0.4 is 0 Å². The molecule has 12 heavy (non-hydrogen) atoms. The number of aryl methyl sites for hydroxylation is 1. The van der Waals surface area contributed by atoms with Crippen LogP contribution in [0.3, 0.4) is 0 Å². The highest BCUT2D eigenvalue weighted by atomic mass is 32.1. The van der Waals surface area contributed by atoms with Crippen LogP contribution >= 0.6 is 24.0 Å². The molecule has 2 rings (SSSR count). The van der Waals surface area contributed by atoms with Crippen LogP contribution in [0.15, 0.2) is 23.1 Å². The summed E-state index contributed by atoms with van der Waals surface area (Å²) in [5.41, 5.74) is 0. The Labute approximate surface area is 80.1 Å². The zero-order chi connectivity index (χ0) is 8.72. The van der Waals surface area contributed by atoms with Crippen molar-refractivity contribution in [2.24, 2.45) is 0 Å². The number of phenolic OH excluding ortho intramolecular Hbond substituents is 1. The smallest absolute Gasteiger partial charge is 0.116 e. The Morgan fingerprint density at radius 1 is 1.42 bits per heavy atom. The van der Waals surface area contributed by atoms with E-state index >= 15 is 0 Å². The molecule has 1 nitrogen and oxygen atoms in total. The Hall–Kier alpha value is -0.670. The first kappa shape index (κ1) is 7.95. The van der Waals surface area contributed by atoms with Gasteiger partial charge in [0.05, 0.1) is 0 Å². The maximum atomic E-state index is 9.23. The third kappa shape index (κ3) is 1.09. The number of rotatable bonds is 0. The molecule has 1 N–H and O–H groups in total. The lowest BCUT2D eigenvalue weighted by Gasteiger charge is -1.92. The van der Waals surface area contributed by atoms with E-state index in [0.29, 0.717) is 5.75 Å². The number of phenols is 1. The van der Waals surface area contributed by atoms with Gasteiger partial charge in [0.15, 0.2) is 0 Å². The minimum Gasteiger partial charge on any atom is -0.508 e. The zero-order valence-corrected chi connectivity index (χ0v) is 8.25. The maximum Gasteiger partial charge on any atom is 0.116 e. The second-order valence-electron chi connectivity index (χ2n) is 2.69. The molecule has 0 saturated carbocycles. The Kier molecular flexibility index (Phi) is 1.77. The van der Waals surface area contributed by atoms with Gasteiger partial charge in [-0.15, -0.1) is 24.0 Å². The average molecular weight is 196 g/mol. The number of hydrogen-bond donors (Lipinski definition) is 2. The maximum absolute atomic E-state index is 9.23. The number of thiophene rings is 1. The first-order chi connectivity index (χ1) is 5.68. The van der Waals surface area contributed by atoms with Gasteiger partial charge in [-0.25, -0.2) is 0 Å². The second kappa shape index (κ2) is 2.68.